The van der Waals surface area contributed by atoms with E-state index in [-0.39, 0.29) is 17.7 Å². The molecule has 4 N–H and O–H groups in total. The number of hydrogen-bond acceptors (Lipinski definition) is 6. The van der Waals surface area contributed by atoms with Gasteiger partial charge >= 0.3 is 0 Å². The number of nitrogens with zero attached hydrogens (tertiary/aromatic N) is 2. The van der Waals surface area contributed by atoms with Gasteiger partial charge in [0.2, 0.25) is 5.91 Å². The lowest BCUT2D eigenvalue weighted by Crippen LogP contribution is -2.51. The van der Waals surface area contributed by atoms with Gasteiger partial charge in [-0.05, 0) is 43.3 Å². The number of nitrogen functional groups attached to an aromatic ring is 1. The SMILES string of the molecule is C[C@H](NC(=O)c1nc2ccccc2[nH]c1=O)C(=O)N1CCC(Oc2ccc(N)cc2)CC1. The molecule has 32 heavy (non-hydrogen) atoms. The molecule has 9 heteroatoms. The number of piperidine rings is 1. The van der Waals surface area contributed by atoms with E-state index in [9.17, 15) is 14.4 Å². The van der Waals surface area contributed by atoms with Crippen molar-refractivity contribution < 1.29 is 14.3 Å². The van der Waals surface area contributed by atoms with Crippen LogP contribution in [-0.2, 0) is 4.79 Å². The van der Waals surface area contributed by atoms with Gasteiger partial charge in [-0.2, -0.15) is 0 Å². The molecule has 0 spiro atoms. The van der Waals surface area contributed by atoms with E-state index < -0.39 is 17.5 Å². The lowest BCUT2D eigenvalue weighted by Gasteiger charge is -2.33. The number of rotatable bonds is 5. The Labute approximate surface area is 184 Å². The van der Waals surface area contributed by atoms with Gasteiger partial charge in [0.05, 0.1) is 11.0 Å². The number of likely N-dealkylation sites (tertiary alicyclic amines) is 1. The van der Waals surface area contributed by atoms with Crippen molar-refractivity contribution in [3.05, 3.63) is 64.6 Å². The highest BCUT2D eigenvalue weighted by molar-refractivity contribution is 5.96. The third-order valence-corrected chi connectivity index (χ3v) is 5.47. The second kappa shape index (κ2) is 9.09. The lowest BCUT2D eigenvalue weighted by molar-refractivity contribution is -0.134. The summed E-state index contributed by atoms with van der Waals surface area (Å²) in [5.41, 5.74) is 6.55. The number of ether oxygens (including phenoxy) is 1. The zero-order valence-electron chi connectivity index (χ0n) is 17.7. The zero-order chi connectivity index (χ0) is 22.7. The van der Waals surface area contributed by atoms with E-state index in [1.54, 1.807) is 48.2 Å². The third-order valence-electron chi connectivity index (χ3n) is 5.47. The monoisotopic (exact) mass is 435 g/mol. The highest BCUT2D eigenvalue weighted by Gasteiger charge is 2.28. The predicted molar refractivity (Wildman–Crippen MR) is 120 cm³/mol. The van der Waals surface area contributed by atoms with E-state index in [2.05, 4.69) is 15.3 Å². The maximum atomic E-state index is 12.8. The Morgan fingerprint density at radius 3 is 2.56 bits per heavy atom. The van der Waals surface area contributed by atoms with E-state index >= 15 is 0 Å². The van der Waals surface area contributed by atoms with Crippen molar-refractivity contribution in [3.63, 3.8) is 0 Å². The molecular formula is C23H25N5O4. The number of aromatic nitrogens is 2. The van der Waals surface area contributed by atoms with E-state index in [1.807, 2.05) is 12.1 Å². The molecule has 0 bridgehead atoms. The van der Waals surface area contributed by atoms with Gasteiger partial charge in [0.1, 0.15) is 17.9 Å². The van der Waals surface area contributed by atoms with Crippen LogP contribution in [0.5, 0.6) is 5.75 Å². The molecule has 2 aromatic carbocycles. The summed E-state index contributed by atoms with van der Waals surface area (Å²) >= 11 is 0. The normalized spacial score (nSPS) is 15.3. The van der Waals surface area contributed by atoms with Crippen molar-refractivity contribution >= 4 is 28.5 Å². The van der Waals surface area contributed by atoms with Crippen molar-refractivity contribution in [2.45, 2.75) is 31.9 Å². The number of carbonyl (C=O) groups is 2. The summed E-state index contributed by atoms with van der Waals surface area (Å²) in [6.45, 7) is 2.65. The number of para-hydroxylation sites is 2. The van der Waals surface area contributed by atoms with Crippen molar-refractivity contribution in [2.24, 2.45) is 0 Å². The van der Waals surface area contributed by atoms with Gasteiger partial charge in [-0.3, -0.25) is 14.4 Å². The topological polar surface area (TPSA) is 130 Å². The number of H-pyrrole nitrogens is 1. The summed E-state index contributed by atoms with van der Waals surface area (Å²) in [5, 5.41) is 2.60. The summed E-state index contributed by atoms with van der Waals surface area (Å²) in [6, 6.07) is 13.4. The molecule has 2 amide bonds. The molecule has 4 rings (SSSR count). The minimum atomic E-state index is -0.787. The van der Waals surface area contributed by atoms with Crippen molar-refractivity contribution in [2.75, 3.05) is 18.8 Å². The van der Waals surface area contributed by atoms with Gasteiger partial charge < -0.3 is 25.7 Å². The quantitative estimate of drug-likeness (QED) is 0.523. The first-order valence-corrected chi connectivity index (χ1v) is 10.5. The van der Waals surface area contributed by atoms with E-state index in [1.165, 1.54) is 0 Å². The Bertz CT molecular complexity index is 1180. The van der Waals surface area contributed by atoms with Crippen molar-refractivity contribution in [3.8, 4) is 5.75 Å². The molecule has 0 unspecified atom stereocenters. The van der Waals surface area contributed by atoms with E-state index in [4.69, 9.17) is 10.5 Å². The fourth-order valence-electron chi connectivity index (χ4n) is 3.72. The van der Waals surface area contributed by atoms with Crippen molar-refractivity contribution in [1.29, 1.82) is 0 Å². The van der Waals surface area contributed by atoms with Crippen LogP contribution in [0.3, 0.4) is 0 Å². The van der Waals surface area contributed by atoms with Crippen LogP contribution in [0.15, 0.2) is 53.3 Å². The molecule has 9 nitrogen and oxygen atoms in total. The number of benzene rings is 2. The summed E-state index contributed by atoms with van der Waals surface area (Å²) in [5.74, 6) is -0.140. The highest BCUT2D eigenvalue weighted by atomic mass is 16.5. The Hall–Kier alpha value is -3.88. The minimum Gasteiger partial charge on any atom is -0.490 e. The molecule has 2 heterocycles. The smallest absolute Gasteiger partial charge is 0.280 e. The average molecular weight is 435 g/mol. The van der Waals surface area contributed by atoms with Gasteiger partial charge in [-0.1, -0.05) is 12.1 Å². The second-order valence-electron chi connectivity index (χ2n) is 7.84. The standard InChI is InChI=1S/C23H25N5O4/c1-14(25-21(29)20-22(30)27-19-5-3-2-4-18(19)26-20)23(31)28-12-10-17(11-13-28)32-16-8-6-15(24)7-9-16/h2-9,14,17H,10-13,24H2,1H3,(H,25,29)(H,27,30)/t14-/m0/s1. The number of amides is 2. The Morgan fingerprint density at radius 1 is 1.16 bits per heavy atom. The number of aromatic amines is 1. The zero-order valence-corrected chi connectivity index (χ0v) is 17.7. The Kier molecular flexibility index (Phi) is 6.07. The predicted octanol–water partition coefficient (Wildman–Crippen LogP) is 1.69. The molecule has 3 aromatic rings. The molecule has 1 saturated heterocycles. The number of anilines is 1. The van der Waals surface area contributed by atoms with Crippen LogP contribution in [0.25, 0.3) is 11.0 Å². The van der Waals surface area contributed by atoms with E-state index in [0.29, 0.717) is 42.7 Å². The molecular weight excluding hydrogens is 410 g/mol. The molecule has 0 aliphatic carbocycles. The second-order valence-corrected chi connectivity index (χ2v) is 7.84. The maximum Gasteiger partial charge on any atom is 0.280 e. The molecule has 1 aliphatic rings. The summed E-state index contributed by atoms with van der Waals surface area (Å²) in [7, 11) is 0. The first-order valence-electron chi connectivity index (χ1n) is 10.5. The van der Waals surface area contributed by atoms with Crippen molar-refractivity contribution in [1.82, 2.24) is 20.2 Å². The molecule has 166 valence electrons. The molecule has 0 radical (unpaired) electrons. The number of fused-ring (bicyclic) bond motifs is 1. The first-order chi connectivity index (χ1) is 15.4. The van der Waals surface area contributed by atoms with Crippen LogP contribution in [-0.4, -0.2) is 51.9 Å². The minimum absolute atomic E-state index is 0.00734. The fourth-order valence-corrected chi connectivity index (χ4v) is 3.72. The van der Waals surface area contributed by atoms with Gasteiger partial charge in [-0.15, -0.1) is 0 Å². The maximum absolute atomic E-state index is 12.8. The summed E-state index contributed by atoms with van der Waals surface area (Å²) in [4.78, 5) is 46.1. The Morgan fingerprint density at radius 2 is 1.84 bits per heavy atom. The largest absolute Gasteiger partial charge is 0.490 e. The number of nitrogens with two attached hydrogens (primary N) is 1. The molecule has 0 saturated carbocycles. The van der Waals surface area contributed by atoms with E-state index in [0.717, 1.165) is 5.75 Å². The molecule has 1 aromatic heterocycles. The van der Waals surface area contributed by atoms with Crippen LogP contribution in [0.1, 0.15) is 30.3 Å². The first kappa shape index (κ1) is 21.4. The fraction of sp³-hybridized carbons (Fsp3) is 0.304. The van der Waals surface area contributed by atoms with Crippen LogP contribution in [0, 0.1) is 0 Å². The summed E-state index contributed by atoms with van der Waals surface area (Å²) in [6.07, 6.45) is 1.37. The number of nitrogens with one attached hydrogen (secondary N) is 2. The van der Waals surface area contributed by atoms with Gasteiger partial charge in [0.25, 0.3) is 11.5 Å². The molecule has 1 atom stereocenters. The van der Waals surface area contributed by atoms with Crippen LogP contribution in [0.4, 0.5) is 5.69 Å². The van der Waals surface area contributed by atoms with Crippen LogP contribution >= 0.6 is 0 Å². The molecule has 1 aliphatic heterocycles. The van der Waals surface area contributed by atoms with Crippen LogP contribution in [0.2, 0.25) is 0 Å². The average Bonchev–Trinajstić information content (AvgIpc) is 2.80. The highest BCUT2D eigenvalue weighted by Crippen LogP contribution is 2.20. The van der Waals surface area contributed by atoms with Gasteiger partial charge in [0.15, 0.2) is 5.69 Å². The summed E-state index contributed by atoms with van der Waals surface area (Å²) < 4.78 is 5.96. The van der Waals surface area contributed by atoms with Crippen LogP contribution < -0.4 is 21.3 Å². The lowest BCUT2D eigenvalue weighted by atomic mass is 10.1. The third kappa shape index (κ3) is 4.72. The number of carbonyl (C=O) groups excluding carboxylic acids is 2. The molecule has 1 fully saturated rings. The van der Waals surface area contributed by atoms with Gasteiger partial charge in [0, 0.05) is 31.6 Å². The number of hydrogen-bond donors (Lipinski definition) is 3. The van der Waals surface area contributed by atoms with Gasteiger partial charge in [-0.25, -0.2) is 4.98 Å². The Balaban J connectivity index is 1.33.